The van der Waals surface area contributed by atoms with Crippen LogP contribution in [0.2, 0.25) is 5.02 Å². The number of allylic oxidation sites excluding steroid dienone is 3. The summed E-state index contributed by atoms with van der Waals surface area (Å²) in [4.78, 5) is 12.6. The van der Waals surface area contributed by atoms with Crippen LogP contribution in [0.1, 0.15) is 22.3 Å². The van der Waals surface area contributed by atoms with E-state index in [1.54, 1.807) is 11.6 Å². The van der Waals surface area contributed by atoms with Crippen LogP contribution in [0.4, 0.5) is 5.69 Å². The number of hydrogen-bond acceptors (Lipinski definition) is 5. The second kappa shape index (κ2) is 14.0. The van der Waals surface area contributed by atoms with E-state index >= 15 is 0 Å². The molecule has 0 saturated carbocycles. The van der Waals surface area contributed by atoms with Crippen molar-refractivity contribution in [3.05, 3.63) is 82.0 Å². The Balaban J connectivity index is 0.00000103. The highest BCUT2D eigenvalue weighted by Crippen LogP contribution is 2.29. The Kier molecular flexibility index (Phi) is 11.6. The number of aliphatic imine (C=N–C) groups is 1. The molecular weight excluding hydrogens is 400 g/mol. The van der Waals surface area contributed by atoms with Crippen LogP contribution in [0.15, 0.2) is 59.8 Å². The van der Waals surface area contributed by atoms with Crippen LogP contribution < -0.4 is 21.3 Å². The molecule has 4 N–H and O–H groups in total. The molecule has 0 heterocycles. The van der Waals surface area contributed by atoms with Crippen molar-refractivity contribution in [3.63, 3.8) is 0 Å². The Morgan fingerprint density at radius 3 is 2.60 bits per heavy atom. The number of aryl methyl sites for hydroxylation is 2. The maximum Gasteiger partial charge on any atom is 0.221 e. The van der Waals surface area contributed by atoms with E-state index in [1.165, 1.54) is 5.56 Å². The van der Waals surface area contributed by atoms with Gasteiger partial charge in [-0.3, -0.25) is 15.2 Å². The van der Waals surface area contributed by atoms with E-state index in [4.69, 9.17) is 21.1 Å². The molecule has 0 saturated heterocycles. The predicted octanol–water partition coefficient (Wildman–Crippen LogP) is 4.50. The molecule has 160 valence electrons. The number of nitrogens with two attached hydrogens (primary N) is 1. The van der Waals surface area contributed by atoms with Crippen LogP contribution in [0, 0.1) is 13.8 Å². The molecule has 0 aliphatic heterocycles. The molecule has 0 spiro atoms. The summed E-state index contributed by atoms with van der Waals surface area (Å²) in [6.45, 7) is 8.02. The van der Waals surface area contributed by atoms with Crippen molar-refractivity contribution in [3.8, 4) is 5.75 Å². The van der Waals surface area contributed by atoms with Gasteiger partial charge in [0.25, 0.3) is 0 Å². The standard InChI is InChI=1S/C22H25ClN2O.CH4N2O/c1-16-9-8-11-21(25-4)19(16)15-26-22-14-20(23)18(13-17(22)2)10-6-5-7-12-24-3;2-3-1-4/h5-9,11-14,25H,3,10,15H2,1-2,4H3;1H,2H2,(H,3,4)/b6-5-,12-7-;. The van der Waals surface area contributed by atoms with Crippen LogP contribution in [0.5, 0.6) is 5.75 Å². The number of hydrogen-bond donors (Lipinski definition) is 3. The van der Waals surface area contributed by atoms with E-state index in [-0.39, 0.29) is 0 Å². The molecule has 0 radical (unpaired) electrons. The largest absolute Gasteiger partial charge is 0.488 e. The van der Waals surface area contributed by atoms with Crippen LogP contribution in [0.25, 0.3) is 0 Å². The third kappa shape index (κ3) is 8.11. The molecule has 2 aromatic rings. The second-order valence-corrected chi connectivity index (χ2v) is 6.70. The summed E-state index contributed by atoms with van der Waals surface area (Å²) in [6, 6.07) is 10.2. The average Bonchev–Trinajstić information content (AvgIpc) is 2.75. The van der Waals surface area contributed by atoms with Crippen molar-refractivity contribution in [1.29, 1.82) is 0 Å². The Bertz CT molecular complexity index is 895. The predicted molar refractivity (Wildman–Crippen MR) is 126 cm³/mol. The number of halogens is 1. The zero-order valence-corrected chi connectivity index (χ0v) is 18.4. The van der Waals surface area contributed by atoms with E-state index in [1.807, 2.05) is 44.3 Å². The van der Waals surface area contributed by atoms with E-state index in [2.05, 4.69) is 48.0 Å². The molecule has 0 aliphatic rings. The van der Waals surface area contributed by atoms with E-state index in [0.29, 0.717) is 18.0 Å². The third-order valence-corrected chi connectivity index (χ3v) is 4.59. The normalized spacial score (nSPS) is 10.4. The maximum atomic E-state index is 8.94. The van der Waals surface area contributed by atoms with Gasteiger partial charge >= 0.3 is 0 Å². The van der Waals surface area contributed by atoms with Gasteiger partial charge in [-0.25, -0.2) is 5.84 Å². The maximum absolute atomic E-state index is 8.94. The first-order valence-corrected chi connectivity index (χ1v) is 9.71. The van der Waals surface area contributed by atoms with E-state index in [9.17, 15) is 0 Å². The smallest absolute Gasteiger partial charge is 0.221 e. The van der Waals surface area contributed by atoms with Gasteiger partial charge in [0, 0.05) is 29.5 Å². The molecule has 7 heteroatoms. The third-order valence-electron chi connectivity index (χ3n) is 4.24. The van der Waals surface area contributed by atoms with Gasteiger partial charge in [0.1, 0.15) is 12.4 Å². The fourth-order valence-corrected chi connectivity index (χ4v) is 2.93. The highest BCUT2D eigenvalue weighted by Gasteiger charge is 2.09. The van der Waals surface area contributed by atoms with Gasteiger partial charge in [-0.1, -0.05) is 42.0 Å². The molecule has 2 aromatic carbocycles. The van der Waals surface area contributed by atoms with Crippen LogP contribution >= 0.6 is 11.6 Å². The number of nitrogens with zero attached hydrogens (tertiary/aromatic N) is 1. The number of carbonyl (C=O) groups excluding carboxylic acids is 1. The fraction of sp³-hybridized carbons (Fsp3) is 0.217. The summed E-state index contributed by atoms with van der Waals surface area (Å²) in [5.74, 6) is 5.22. The van der Waals surface area contributed by atoms with Crippen molar-refractivity contribution in [2.24, 2.45) is 10.8 Å². The topological polar surface area (TPSA) is 88.7 Å². The Morgan fingerprint density at radius 1 is 1.23 bits per heavy atom. The molecule has 0 fully saturated rings. The van der Waals surface area contributed by atoms with E-state index in [0.717, 1.165) is 34.5 Å². The minimum atomic E-state index is 0.403. The lowest BCUT2D eigenvalue weighted by Crippen LogP contribution is -2.18. The molecule has 30 heavy (non-hydrogen) atoms. The van der Waals surface area contributed by atoms with Gasteiger partial charge in [0.15, 0.2) is 0 Å². The summed E-state index contributed by atoms with van der Waals surface area (Å²) in [7, 11) is 1.92. The number of nitrogens with one attached hydrogen (secondary N) is 2. The summed E-state index contributed by atoms with van der Waals surface area (Å²) in [5.41, 5.74) is 7.32. The number of anilines is 1. The van der Waals surface area contributed by atoms with Crippen molar-refractivity contribution < 1.29 is 9.53 Å². The molecule has 2 rings (SSSR count). The first-order valence-electron chi connectivity index (χ1n) is 9.33. The molecule has 1 amide bonds. The Morgan fingerprint density at radius 2 is 1.97 bits per heavy atom. The SMILES string of the molecule is C=N/C=C\C=C/Cc1cc(C)c(OCc2c(C)cccc2NC)cc1Cl.NNC=O. The highest BCUT2D eigenvalue weighted by molar-refractivity contribution is 6.31. The van der Waals surface area contributed by atoms with Crippen molar-refractivity contribution in [2.45, 2.75) is 26.9 Å². The zero-order chi connectivity index (χ0) is 22.4. The average molecular weight is 429 g/mol. The van der Waals surface area contributed by atoms with E-state index < -0.39 is 0 Å². The number of rotatable bonds is 9. The fourth-order valence-electron chi connectivity index (χ4n) is 2.70. The zero-order valence-electron chi connectivity index (χ0n) is 17.6. The quantitative estimate of drug-likeness (QED) is 0.137. The van der Waals surface area contributed by atoms with Gasteiger partial charge in [0.05, 0.1) is 0 Å². The number of benzene rings is 2. The first kappa shape index (κ1) is 24.9. The first-order chi connectivity index (χ1) is 14.5. The lowest BCUT2D eigenvalue weighted by molar-refractivity contribution is -0.109. The van der Waals surface area contributed by atoms with Crippen LogP contribution in [-0.4, -0.2) is 20.2 Å². The molecule has 0 atom stereocenters. The summed E-state index contributed by atoms with van der Waals surface area (Å²) < 4.78 is 6.07. The molecular formula is C23H29ClN4O2. The van der Waals surface area contributed by atoms with Crippen molar-refractivity contribution in [2.75, 3.05) is 12.4 Å². The van der Waals surface area contributed by atoms with Crippen LogP contribution in [0.3, 0.4) is 0 Å². The van der Waals surface area contributed by atoms with Gasteiger partial charge in [-0.05, 0) is 61.9 Å². The van der Waals surface area contributed by atoms with Gasteiger partial charge < -0.3 is 10.1 Å². The number of amides is 1. The van der Waals surface area contributed by atoms with Crippen LogP contribution in [-0.2, 0) is 17.8 Å². The Labute approximate surface area is 183 Å². The highest BCUT2D eigenvalue weighted by atomic mass is 35.5. The number of carbonyl (C=O) groups is 1. The molecule has 6 nitrogen and oxygen atoms in total. The summed E-state index contributed by atoms with van der Waals surface area (Å²) in [6.07, 6.45) is 8.61. The van der Waals surface area contributed by atoms with Crippen molar-refractivity contribution >= 4 is 30.4 Å². The van der Waals surface area contributed by atoms with Gasteiger partial charge in [-0.2, -0.15) is 0 Å². The molecule has 0 aromatic heterocycles. The van der Waals surface area contributed by atoms with Gasteiger partial charge in [0.2, 0.25) is 6.41 Å². The second-order valence-electron chi connectivity index (χ2n) is 6.29. The van der Waals surface area contributed by atoms with Crippen molar-refractivity contribution in [1.82, 2.24) is 5.43 Å². The number of hydrazine groups is 1. The minimum absolute atomic E-state index is 0.403. The lowest BCUT2D eigenvalue weighted by Gasteiger charge is -2.16. The minimum Gasteiger partial charge on any atom is -0.488 e. The Hall–Kier alpha value is -3.09. The lowest BCUT2D eigenvalue weighted by atomic mass is 10.1. The summed E-state index contributed by atoms with van der Waals surface area (Å²) in [5, 5.41) is 3.92. The summed E-state index contributed by atoms with van der Waals surface area (Å²) >= 11 is 6.44. The molecule has 0 unspecified atom stereocenters. The monoisotopic (exact) mass is 428 g/mol. The van der Waals surface area contributed by atoms with Gasteiger partial charge in [-0.15, -0.1) is 0 Å². The molecule has 0 bridgehead atoms. The molecule has 0 aliphatic carbocycles. The number of ether oxygens (including phenoxy) is 1.